The van der Waals surface area contributed by atoms with Gasteiger partial charge in [-0.15, -0.1) is 11.3 Å². The highest BCUT2D eigenvalue weighted by molar-refractivity contribution is 7.09. The molecule has 0 saturated carbocycles. The Morgan fingerprint density at radius 2 is 2.05 bits per heavy atom. The molecule has 0 saturated heterocycles. The van der Waals surface area contributed by atoms with Crippen LogP contribution in [0.15, 0.2) is 35.8 Å². The summed E-state index contributed by atoms with van der Waals surface area (Å²) in [4.78, 5) is 4.41. The largest absolute Gasteiger partial charge is 0.497 e. The van der Waals surface area contributed by atoms with Gasteiger partial charge in [-0.05, 0) is 37.5 Å². The molecule has 2 rings (SSSR count). The summed E-state index contributed by atoms with van der Waals surface area (Å²) in [7, 11) is 1.69. The topological polar surface area (TPSA) is 34.1 Å². The fourth-order valence-electron chi connectivity index (χ4n) is 2.29. The predicted octanol–water partition coefficient (Wildman–Crippen LogP) is 3.82. The smallest absolute Gasteiger partial charge is 0.118 e. The maximum atomic E-state index is 5.18. The van der Waals surface area contributed by atoms with E-state index in [4.69, 9.17) is 4.74 Å². The number of nitrogens with zero attached hydrogens (tertiary/aromatic N) is 1. The molecular formula is C16H22N2OS. The van der Waals surface area contributed by atoms with Crippen LogP contribution in [0.3, 0.4) is 0 Å². The summed E-state index contributed by atoms with van der Waals surface area (Å²) in [6.07, 6.45) is 3.94. The molecule has 2 aromatic rings. The zero-order valence-corrected chi connectivity index (χ0v) is 13.1. The number of methoxy groups -OCH3 is 1. The van der Waals surface area contributed by atoms with Crippen LogP contribution >= 0.6 is 11.3 Å². The molecule has 2 unspecified atom stereocenters. The van der Waals surface area contributed by atoms with Crippen LogP contribution in [-0.2, 0) is 6.42 Å². The molecule has 0 spiro atoms. The maximum Gasteiger partial charge on any atom is 0.118 e. The van der Waals surface area contributed by atoms with Crippen LogP contribution < -0.4 is 10.1 Å². The van der Waals surface area contributed by atoms with Crippen LogP contribution in [0.1, 0.15) is 36.9 Å². The van der Waals surface area contributed by atoms with Gasteiger partial charge in [0.2, 0.25) is 0 Å². The van der Waals surface area contributed by atoms with E-state index in [1.54, 1.807) is 18.4 Å². The number of hydrogen-bond donors (Lipinski definition) is 1. The van der Waals surface area contributed by atoms with E-state index in [9.17, 15) is 0 Å². The molecule has 3 nitrogen and oxygen atoms in total. The Labute approximate surface area is 125 Å². The van der Waals surface area contributed by atoms with Crippen LogP contribution in [0.25, 0.3) is 0 Å². The number of ether oxygens (including phenoxy) is 1. The van der Waals surface area contributed by atoms with Crippen LogP contribution in [-0.4, -0.2) is 18.1 Å². The zero-order valence-electron chi connectivity index (χ0n) is 12.3. The summed E-state index contributed by atoms with van der Waals surface area (Å²) >= 11 is 1.72. The SMILES string of the molecule is CCC(NC(C)Cc1ccc(OC)cc1)c1nccs1. The van der Waals surface area contributed by atoms with Crippen molar-refractivity contribution in [2.45, 2.75) is 38.8 Å². The van der Waals surface area contributed by atoms with Crippen molar-refractivity contribution in [3.8, 4) is 5.75 Å². The van der Waals surface area contributed by atoms with Crippen LogP contribution in [0.5, 0.6) is 5.75 Å². The predicted molar refractivity (Wildman–Crippen MR) is 84.4 cm³/mol. The molecule has 1 N–H and O–H groups in total. The Morgan fingerprint density at radius 1 is 1.30 bits per heavy atom. The highest BCUT2D eigenvalue weighted by Gasteiger charge is 2.14. The van der Waals surface area contributed by atoms with Gasteiger partial charge >= 0.3 is 0 Å². The van der Waals surface area contributed by atoms with Crippen molar-refractivity contribution in [3.05, 3.63) is 46.4 Å². The minimum atomic E-state index is 0.350. The molecule has 1 heterocycles. The molecular weight excluding hydrogens is 268 g/mol. The standard InChI is InChI=1S/C16H22N2OS/c1-4-15(16-17-9-10-20-16)18-12(2)11-13-5-7-14(19-3)8-6-13/h5-10,12,15,18H,4,11H2,1-3H3. The number of rotatable bonds is 7. The first-order chi connectivity index (χ1) is 9.72. The first kappa shape index (κ1) is 15.0. The zero-order chi connectivity index (χ0) is 14.4. The lowest BCUT2D eigenvalue weighted by Crippen LogP contribution is -2.31. The van der Waals surface area contributed by atoms with Gasteiger partial charge in [0.1, 0.15) is 10.8 Å². The Balaban J connectivity index is 1.92. The van der Waals surface area contributed by atoms with Crippen molar-refractivity contribution in [3.63, 3.8) is 0 Å². The second kappa shape index (κ2) is 7.41. The van der Waals surface area contributed by atoms with Crippen molar-refractivity contribution in [1.82, 2.24) is 10.3 Å². The summed E-state index contributed by atoms with van der Waals surface area (Å²) in [6, 6.07) is 9.05. The monoisotopic (exact) mass is 290 g/mol. The van der Waals surface area contributed by atoms with Crippen molar-refractivity contribution >= 4 is 11.3 Å². The van der Waals surface area contributed by atoms with Crippen LogP contribution in [0.4, 0.5) is 0 Å². The van der Waals surface area contributed by atoms with E-state index in [1.807, 2.05) is 23.7 Å². The molecule has 108 valence electrons. The second-order valence-corrected chi connectivity index (χ2v) is 5.88. The van der Waals surface area contributed by atoms with Crippen molar-refractivity contribution < 1.29 is 4.74 Å². The molecule has 2 atom stereocenters. The Kier molecular flexibility index (Phi) is 5.56. The highest BCUT2D eigenvalue weighted by atomic mass is 32.1. The summed E-state index contributed by atoms with van der Waals surface area (Å²) in [5.74, 6) is 0.906. The number of aromatic nitrogens is 1. The third-order valence-electron chi connectivity index (χ3n) is 3.34. The highest BCUT2D eigenvalue weighted by Crippen LogP contribution is 2.20. The Bertz CT molecular complexity index is 496. The van der Waals surface area contributed by atoms with Gasteiger partial charge in [0.25, 0.3) is 0 Å². The molecule has 0 amide bonds. The molecule has 20 heavy (non-hydrogen) atoms. The lowest BCUT2D eigenvalue weighted by atomic mass is 10.1. The molecule has 4 heteroatoms. The van der Waals surface area contributed by atoms with Gasteiger partial charge in [-0.1, -0.05) is 19.1 Å². The van der Waals surface area contributed by atoms with E-state index in [1.165, 1.54) is 10.6 Å². The fraction of sp³-hybridized carbons (Fsp3) is 0.438. The van der Waals surface area contributed by atoms with Gasteiger partial charge in [-0.25, -0.2) is 4.98 Å². The molecule has 0 aliphatic carbocycles. The second-order valence-electron chi connectivity index (χ2n) is 4.95. The molecule has 1 aromatic carbocycles. The van der Waals surface area contributed by atoms with Gasteiger partial charge in [-0.3, -0.25) is 0 Å². The molecule has 0 aliphatic rings. The normalized spacial score (nSPS) is 13.9. The quantitative estimate of drug-likeness (QED) is 0.841. The Hall–Kier alpha value is -1.39. The van der Waals surface area contributed by atoms with Crippen molar-refractivity contribution in [1.29, 1.82) is 0 Å². The number of benzene rings is 1. The van der Waals surface area contributed by atoms with Gasteiger partial charge in [0.05, 0.1) is 13.2 Å². The van der Waals surface area contributed by atoms with Gasteiger partial charge in [0, 0.05) is 17.6 Å². The summed E-state index contributed by atoms with van der Waals surface area (Å²) < 4.78 is 5.18. The van der Waals surface area contributed by atoms with Crippen molar-refractivity contribution in [2.75, 3.05) is 7.11 Å². The van der Waals surface area contributed by atoms with E-state index in [0.717, 1.165) is 18.6 Å². The van der Waals surface area contributed by atoms with Gasteiger partial charge < -0.3 is 10.1 Å². The first-order valence-electron chi connectivity index (χ1n) is 7.01. The van der Waals surface area contributed by atoms with Gasteiger partial charge in [-0.2, -0.15) is 0 Å². The lowest BCUT2D eigenvalue weighted by Gasteiger charge is -2.20. The fourth-order valence-corrected chi connectivity index (χ4v) is 3.07. The van der Waals surface area contributed by atoms with E-state index >= 15 is 0 Å². The summed E-state index contributed by atoms with van der Waals surface area (Å²) in [5.41, 5.74) is 1.32. The van der Waals surface area contributed by atoms with E-state index in [-0.39, 0.29) is 0 Å². The summed E-state index contributed by atoms with van der Waals surface area (Å²) in [5, 5.41) is 6.87. The third kappa shape index (κ3) is 4.05. The number of thiazole rings is 1. The lowest BCUT2D eigenvalue weighted by molar-refractivity contribution is 0.414. The van der Waals surface area contributed by atoms with E-state index < -0.39 is 0 Å². The van der Waals surface area contributed by atoms with Crippen LogP contribution in [0.2, 0.25) is 0 Å². The number of hydrogen-bond acceptors (Lipinski definition) is 4. The molecule has 0 fully saturated rings. The summed E-state index contributed by atoms with van der Waals surface area (Å²) in [6.45, 7) is 4.42. The number of nitrogens with one attached hydrogen (secondary N) is 1. The van der Waals surface area contributed by atoms with E-state index in [0.29, 0.717) is 12.1 Å². The third-order valence-corrected chi connectivity index (χ3v) is 4.23. The van der Waals surface area contributed by atoms with Crippen molar-refractivity contribution in [2.24, 2.45) is 0 Å². The molecule has 0 bridgehead atoms. The van der Waals surface area contributed by atoms with Gasteiger partial charge in [0.15, 0.2) is 0 Å². The Morgan fingerprint density at radius 3 is 2.60 bits per heavy atom. The van der Waals surface area contributed by atoms with E-state index in [2.05, 4.69) is 36.3 Å². The molecule has 1 aromatic heterocycles. The maximum absolute atomic E-state index is 5.18. The molecule has 0 radical (unpaired) electrons. The average Bonchev–Trinajstić information content (AvgIpc) is 2.99. The minimum absolute atomic E-state index is 0.350. The minimum Gasteiger partial charge on any atom is -0.497 e. The first-order valence-corrected chi connectivity index (χ1v) is 7.89. The van der Waals surface area contributed by atoms with Crippen LogP contribution in [0, 0.1) is 0 Å². The average molecular weight is 290 g/mol. The molecule has 0 aliphatic heterocycles.